The fourth-order valence-electron chi connectivity index (χ4n) is 4.21. The van der Waals surface area contributed by atoms with Gasteiger partial charge in [-0.15, -0.1) is 0 Å². The lowest BCUT2D eigenvalue weighted by Gasteiger charge is -2.36. The topological polar surface area (TPSA) is 148 Å². The number of rotatable bonds is 7. The highest BCUT2D eigenvalue weighted by Gasteiger charge is 2.34. The van der Waals surface area contributed by atoms with Gasteiger partial charge in [0.05, 0.1) is 22.5 Å². The average Bonchev–Trinajstić information content (AvgIpc) is 3.14. The summed E-state index contributed by atoms with van der Waals surface area (Å²) in [6, 6.07) is 14.7. The predicted octanol–water partition coefficient (Wildman–Crippen LogP) is 2.00. The summed E-state index contributed by atoms with van der Waals surface area (Å²) in [7, 11) is 0. The Balaban J connectivity index is 0.000000568. The molecule has 196 valence electrons. The maximum atomic E-state index is 12.6. The van der Waals surface area contributed by atoms with Crippen molar-refractivity contribution in [2.24, 2.45) is 0 Å². The molecule has 0 unspecified atom stereocenters. The first-order valence-electron chi connectivity index (χ1n) is 12.0. The molecule has 0 radical (unpaired) electrons. The summed E-state index contributed by atoms with van der Waals surface area (Å²) in [6.07, 6.45) is 0.667. The van der Waals surface area contributed by atoms with Crippen LogP contribution in [-0.4, -0.2) is 88.9 Å². The second kappa shape index (κ2) is 12.6. The fraction of sp³-hybridized carbons (Fsp3) is 0.346. The largest absolute Gasteiger partial charge is 0.473 e. The maximum Gasteiger partial charge on any atom is 0.414 e. The summed E-state index contributed by atoms with van der Waals surface area (Å²) in [5.41, 5.74) is 2.72. The number of carboxylic acids is 2. The molecule has 2 aliphatic heterocycles. The zero-order valence-electron chi connectivity index (χ0n) is 20.6. The van der Waals surface area contributed by atoms with E-state index in [0.29, 0.717) is 17.5 Å². The predicted molar refractivity (Wildman–Crippen MR) is 136 cm³/mol. The zero-order valence-corrected chi connectivity index (χ0v) is 20.6. The van der Waals surface area contributed by atoms with Gasteiger partial charge in [-0.3, -0.25) is 19.3 Å². The van der Waals surface area contributed by atoms with Crippen LogP contribution in [0.2, 0.25) is 0 Å². The van der Waals surface area contributed by atoms with Gasteiger partial charge in [0.25, 0.3) is 11.8 Å². The number of carbonyl (C=O) groups is 5. The number of nitrogens with one attached hydrogen (secondary N) is 1. The van der Waals surface area contributed by atoms with Gasteiger partial charge in [0, 0.05) is 39.1 Å². The SMILES string of the molecule is CCN1CCN(c2ccccc2NC(=O)CCCN2C(=O)c3ccccc3C2=O)CC1.O=C(O)C(=O)O. The Morgan fingerprint density at radius 2 is 1.38 bits per heavy atom. The van der Waals surface area contributed by atoms with Crippen molar-refractivity contribution in [2.45, 2.75) is 19.8 Å². The van der Waals surface area contributed by atoms with Crippen LogP contribution in [0.25, 0.3) is 0 Å². The molecule has 0 aliphatic carbocycles. The van der Waals surface area contributed by atoms with Crippen molar-refractivity contribution in [3.8, 4) is 0 Å². The number of fused-ring (bicyclic) bond motifs is 1. The Morgan fingerprint density at radius 3 is 1.92 bits per heavy atom. The first kappa shape index (κ1) is 27.3. The number of amides is 3. The number of imide groups is 1. The molecule has 0 atom stereocenters. The van der Waals surface area contributed by atoms with Gasteiger partial charge in [0.2, 0.25) is 5.91 Å². The van der Waals surface area contributed by atoms with Crippen LogP contribution in [0.3, 0.4) is 0 Å². The lowest BCUT2D eigenvalue weighted by Crippen LogP contribution is -2.46. The molecule has 37 heavy (non-hydrogen) atoms. The minimum Gasteiger partial charge on any atom is -0.473 e. The number of likely N-dealkylation sites (N-methyl/N-ethyl adjacent to an activating group) is 1. The molecular weight excluding hydrogens is 480 g/mol. The summed E-state index contributed by atoms with van der Waals surface area (Å²) >= 11 is 0. The minimum absolute atomic E-state index is 0.115. The third kappa shape index (κ3) is 6.91. The number of aliphatic carboxylic acids is 2. The second-order valence-corrected chi connectivity index (χ2v) is 8.51. The lowest BCUT2D eigenvalue weighted by atomic mass is 10.1. The first-order valence-corrected chi connectivity index (χ1v) is 12.0. The van der Waals surface area contributed by atoms with E-state index in [1.165, 1.54) is 4.90 Å². The maximum absolute atomic E-state index is 12.6. The number of piperazine rings is 1. The smallest absolute Gasteiger partial charge is 0.414 e. The van der Waals surface area contributed by atoms with Crippen molar-refractivity contribution in [1.82, 2.24) is 9.80 Å². The van der Waals surface area contributed by atoms with Crippen LogP contribution in [-0.2, 0) is 14.4 Å². The van der Waals surface area contributed by atoms with Gasteiger partial charge < -0.3 is 25.3 Å². The van der Waals surface area contributed by atoms with Gasteiger partial charge >= 0.3 is 11.9 Å². The fourth-order valence-corrected chi connectivity index (χ4v) is 4.21. The van der Waals surface area contributed by atoms with Crippen molar-refractivity contribution >= 4 is 41.0 Å². The van der Waals surface area contributed by atoms with Gasteiger partial charge in [-0.25, -0.2) is 9.59 Å². The number of anilines is 2. The van der Waals surface area contributed by atoms with Gasteiger partial charge in [-0.2, -0.15) is 0 Å². The Bertz CT molecular complexity index is 1130. The third-order valence-corrected chi connectivity index (χ3v) is 6.19. The molecule has 2 aromatic rings. The molecule has 2 heterocycles. The second-order valence-electron chi connectivity index (χ2n) is 8.51. The van der Waals surface area contributed by atoms with E-state index in [4.69, 9.17) is 19.8 Å². The van der Waals surface area contributed by atoms with E-state index < -0.39 is 11.9 Å². The number of hydrogen-bond donors (Lipinski definition) is 3. The van der Waals surface area contributed by atoms with E-state index in [9.17, 15) is 14.4 Å². The van der Waals surface area contributed by atoms with E-state index in [-0.39, 0.29) is 30.7 Å². The molecule has 0 saturated carbocycles. The summed E-state index contributed by atoms with van der Waals surface area (Å²) in [4.78, 5) is 61.6. The summed E-state index contributed by atoms with van der Waals surface area (Å²) in [5, 5.41) is 17.8. The van der Waals surface area contributed by atoms with Crippen LogP contribution in [0.1, 0.15) is 40.5 Å². The molecule has 4 rings (SSSR count). The molecule has 3 N–H and O–H groups in total. The molecule has 11 heteroatoms. The van der Waals surface area contributed by atoms with E-state index in [2.05, 4.69) is 22.0 Å². The van der Waals surface area contributed by atoms with Crippen LogP contribution in [0.15, 0.2) is 48.5 Å². The first-order chi connectivity index (χ1) is 17.7. The molecule has 0 spiro atoms. The van der Waals surface area contributed by atoms with Gasteiger partial charge in [-0.05, 0) is 37.2 Å². The van der Waals surface area contributed by atoms with Crippen molar-refractivity contribution < 1.29 is 34.2 Å². The normalized spacial score (nSPS) is 15.1. The van der Waals surface area contributed by atoms with Gasteiger partial charge in [-0.1, -0.05) is 31.2 Å². The number of para-hydroxylation sites is 2. The van der Waals surface area contributed by atoms with Crippen LogP contribution in [0.5, 0.6) is 0 Å². The molecule has 2 aromatic carbocycles. The third-order valence-electron chi connectivity index (χ3n) is 6.19. The zero-order chi connectivity index (χ0) is 26.9. The molecule has 0 aromatic heterocycles. The van der Waals surface area contributed by atoms with Crippen LogP contribution >= 0.6 is 0 Å². The van der Waals surface area contributed by atoms with E-state index in [1.807, 2.05) is 24.3 Å². The molecule has 1 fully saturated rings. The molecule has 2 aliphatic rings. The van der Waals surface area contributed by atoms with Crippen molar-refractivity contribution in [2.75, 3.05) is 49.5 Å². The highest BCUT2D eigenvalue weighted by molar-refractivity contribution is 6.27. The van der Waals surface area contributed by atoms with Crippen molar-refractivity contribution in [3.63, 3.8) is 0 Å². The van der Waals surface area contributed by atoms with E-state index in [0.717, 1.165) is 44.1 Å². The van der Waals surface area contributed by atoms with Gasteiger partial charge in [0.1, 0.15) is 0 Å². The number of nitrogens with zero attached hydrogens (tertiary/aromatic N) is 3. The number of carbonyl (C=O) groups excluding carboxylic acids is 3. The summed E-state index contributed by atoms with van der Waals surface area (Å²) in [5.74, 6) is -4.32. The van der Waals surface area contributed by atoms with Crippen molar-refractivity contribution in [1.29, 1.82) is 0 Å². The van der Waals surface area contributed by atoms with E-state index in [1.54, 1.807) is 24.3 Å². The molecule has 0 bridgehead atoms. The van der Waals surface area contributed by atoms with Crippen molar-refractivity contribution in [3.05, 3.63) is 59.7 Å². The van der Waals surface area contributed by atoms with Crippen LogP contribution in [0.4, 0.5) is 11.4 Å². The minimum atomic E-state index is -1.82. The van der Waals surface area contributed by atoms with Gasteiger partial charge in [0.15, 0.2) is 0 Å². The standard InChI is InChI=1S/C24H28N4O3.C2H2O4/c1-2-26-14-16-27(17-15-26)21-11-6-5-10-20(21)25-22(29)12-7-13-28-23(30)18-8-3-4-9-19(18)24(28)31;3-1(4)2(5)6/h3-6,8-11H,2,7,12-17H2,1H3,(H,25,29);(H,3,4)(H,5,6). The Labute approximate surface area is 214 Å². The van der Waals surface area contributed by atoms with Crippen LogP contribution < -0.4 is 10.2 Å². The van der Waals surface area contributed by atoms with Crippen LogP contribution in [0, 0.1) is 0 Å². The molecular formula is C26H30N4O7. The number of benzene rings is 2. The lowest BCUT2D eigenvalue weighted by molar-refractivity contribution is -0.159. The molecule has 11 nitrogen and oxygen atoms in total. The number of hydrogen-bond acceptors (Lipinski definition) is 7. The highest BCUT2D eigenvalue weighted by Crippen LogP contribution is 2.27. The summed E-state index contributed by atoms with van der Waals surface area (Å²) < 4.78 is 0. The Hall–Kier alpha value is -4.25. The monoisotopic (exact) mass is 510 g/mol. The highest BCUT2D eigenvalue weighted by atomic mass is 16.4. The Morgan fingerprint density at radius 1 is 0.838 bits per heavy atom. The molecule has 3 amide bonds. The number of carboxylic acid groups (broad SMARTS) is 2. The molecule has 1 saturated heterocycles. The summed E-state index contributed by atoms with van der Waals surface area (Å²) in [6.45, 7) is 7.35. The Kier molecular flexibility index (Phi) is 9.33. The quantitative estimate of drug-likeness (QED) is 0.376. The average molecular weight is 511 g/mol. The van der Waals surface area contributed by atoms with E-state index >= 15 is 0 Å².